The van der Waals surface area contributed by atoms with E-state index in [1.807, 2.05) is 121 Å². The van der Waals surface area contributed by atoms with E-state index in [1.54, 1.807) is 0 Å². The van der Waals surface area contributed by atoms with Crippen LogP contribution in [-0.2, 0) is 0 Å². The molecule has 0 saturated heterocycles. The Morgan fingerprint density at radius 2 is 0.531 bits per heavy atom. The SMILES string of the molecule is C(=Nc1ccccc1)=Nc1ccccc1.C(=Nc1ccccc1)=Nc1ccccc1.C=C. The van der Waals surface area contributed by atoms with E-state index in [4.69, 9.17) is 0 Å². The Bertz CT molecular complexity index is 961. The summed E-state index contributed by atoms with van der Waals surface area (Å²) in [6.45, 7) is 6.00. The Kier molecular flexibility index (Phi) is 11.3. The lowest BCUT2D eigenvalue weighted by atomic mass is 10.3. The molecule has 4 rings (SSSR count). The van der Waals surface area contributed by atoms with Gasteiger partial charge in [-0.25, -0.2) is 0 Å². The van der Waals surface area contributed by atoms with Gasteiger partial charge in [-0.3, -0.25) is 0 Å². The third kappa shape index (κ3) is 9.73. The maximum Gasteiger partial charge on any atom is 0.100 e. The molecular weight excluding hydrogens is 392 g/mol. The number of aliphatic imine (C=N–C) groups is 4. The van der Waals surface area contributed by atoms with Crippen molar-refractivity contribution in [2.24, 2.45) is 20.0 Å². The van der Waals surface area contributed by atoms with Gasteiger partial charge in [0.25, 0.3) is 0 Å². The molecule has 0 saturated carbocycles. The molecule has 156 valence electrons. The minimum absolute atomic E-state index is 0.859. The van der Waals surface area contributed by atoms with E-state index < -0.39 is 0 Å². The zero-order valence-electron chi connectivity index (χ0n) is 17.8. The van der Waals surface area contributed by atoms with E-state index in [1.165, 1.54) is 0 Å². The third-order valence-corrected chi connectivity index (χ3v) is 3.74. The van der Waals surface area contributed by atoms with Gasteiger partial charge in [0.1, 0.15) is 12.0 Å². The van der Waals surface area contributed by atoms with Gasteiger partial charge >= 0.3 is 0 Å². The molecule has 32 heavy (non-hydrogen) atoms. The highest BCUT2D eigenvalue weighted by molar-refractivity contribution is 5.58. The number of benzene rings is 4. The standard InChI is InChI=1S/2C13H10N2.C2H4/c2*1-3-7-12(8-4-1)14-11-15-13-9-5-2-6-10-13;1-2/h2*1-10H;1-2H2. The maximum atomic E-state index is 4.08. The Morgan fingerprint density at radius 3 is 0.719 bits per heavy atom. The van der Waals surface area contributed by atoms with E-state index in [0.29, 0.717) is 0 Å². The molecule has 0 aliphatic carbocycles. The lowest BCUT2D eigenvalue weighted by Gasteiger charge is -1.87. The predicted octanol–water partition coefficient (Wildman–Crippen LogP) is 8.45. The van der Waals surface area contributed by atoms with Gasteiger partial charge in [0.2, 0.25) is 0 Å². The first-order valence-electron chi connectivity index (χ1n) is 9.93. The molecule has 0 unspecified atom stereocenters. The van der Waals surface area contributed by atoms with Crippen LogP contribution in [0.4, 0.5) is 22.7 Å². The van der Waals surface area contributed by atoms with Crippen molar-refractivity contribution in [2.75, 3.05) is 0 Å². The number of rotatable bonds is 4. The van der Waals surface area contributed by atoms with Crippen LogP contribution in [0.3, 0.4) is 0 Å². The Balaban J connectivity index is 0.000000211. The molecule has 0 spiro atoms. The highest BCUT2D eigenvalue weighted by Gasteiger charge is 1.84. The van der Waals surface area contributed by atoms with Gasteiger partial charge in [-0.05, 0) is 48.5 Å². The van der Waals surface area contributed by atoms with Crippen molar-refractivity contribution in [3.63, 3.8) is 0 Å². The Labute approximate surface area is 189 Å². The van der Waals surface area contributed by atoms with Gasteiger partial charge in [0.15, 0.2) is 0 Å². The summed E-state index contributed by atoms with van der Waals surface area (Å²) >= 11 is 0. The van der Waals surface area contributed by atoms with Crippen molar-refractivity contribution in [3.8, 4) is 0 Å². The van der Waals surface area contributed by atoms with Gasteiger partial charge in [0, 0.05) is 0 Å². The van der Waals surface area contributed by atoms with Gasteiger partial charge in [-0.15, -0.1) is 13.2 Å². The fourth-order valence-electron chi connectivity index (χ4n) is 2.29. The summed E-state index contributed by atoms with van der Waals surface area (Å²) < 4.78 is 0. The molecule has 0 atom stereocenters. The molecule has 0 aliphatic heterocycles. The van der Waals surface area contributed by atoms with E-state index in [9.17, 15) is 0 Å². The Morgan fingerprint density at radius 1 is 0.344 bits per heavy atom. The minimum Gasteiger partial charge on any atom is -0.188 e. The summed E-state index contributed by atoms with van der Waals surface area (Å²) in [5.74, 6) is 0. The topological polar surface area (TPSA) is 49.4 Å². The van der Waals surface area contributed by atoms with Crippen molar-refractivity contribution >= 4 is 34.8 Å². The van der Waals surface area contributed by atoms with Crippen molar-refractivity contribution in [2.45, 2.75) is 0 Å². The molecule has 4 nitrogen and oxygen atoms in total. The molecule has 0 aromatic heterocycles. The molecule has 0 fully saturated rings. The number of hydrogen-bond donors (Lipinski definition) is 0. The first kappa shape index (κ1) is 23.7. The van der Waals surface area contributed by atoms with Crippen LogP contribution in [0.1, 0.15) is 0 Å². The smallest absolute Gasteiger partial charge is 0.100 e. The molecule has 0 N–H and O–H groups in total. The van der Waals surface area contributed by atoms with E-state index in [-0.39, 0.29) is 0 Å². The van der Waals surface area contributed by atoms with Crippen LogP contribution < -0.4 is 0 Å². The van der Waals surface area contributed by atoms with E-state index in [0.717, 1.165) is 22.7 Å². The average molecular weight is 417 g/mol. The van der Waals surface area contributed by atoms with Crippen LogP contribution in [0.25, 0.3) is 0 Å². The second kappa shape index (κ2) is 15.3. The normalized spacial score (nSPS) is 8.62. The summed E-state index contributed by atoms with van der Waals surface area (Å²) in [6.07, 6.45) is 0. The van der Waals surface area contributed by atoms with E-state index in [2.05, 4.69) is 45.1 Å². The van der Waals surface area contributed by atoms with Crippen LogP contribution in [0, 0.1) is 0 Å². The zero-order valence-corrected chi connectivity index (χ0v) is 17.8. The quantitative estimate of drug-likeness (QED) is 0.237. The molecule has 0 aliphatic rings. The maximum absolute atomic E-state index is 4.08. The van der Waals surface area contributed by atoms with Crippen molar-refractivity contribution in [1.82, 2.24) is 0 Å². The monoisotopic (exact) mass is 416 g/mol. The second-order valence-corrected chi connectivity index (χ2v) is 5.99. The first-order valence-corrected chi connectivity index (χ1v) is 9.93. The highest BCUT2D eigenvalue weighted by Crippen LogP contribution is 2.11. The van der Waals surface area contributed by atoms with E-state index >= 15 is 0 Å². The average Bonchev–Trinajstić information content (AvgIpc) is 2.88. The lowest BCUT2D eigenvalue weighted by Crippen LogP contribution is -1.63. The van der Waals surface area contributed by atoms with Crippen molar-refractivity contribution in [3.05, 3.63) is 134 Å². The summed E-state index contributed by atoms with van der Waals surface area (Å²) in [5.41, 5.74) is 3.43. The molecule has 0 radical (unpaired) electrons. The lowest BCUT2D eigenvalue weighted by molar-refractivity contribution is 1.49. The van der Waals surface area contributed by atoms with Crippen LogP contribution in [0.15, 0.2) is 154 Å². The fourth-order valence-corrected chi connectivity index (χ4v) is 2.29. The molecule has 4 aromatic rings. The number of hydrogen-bond acceptors (Lipinski definition) is 4. The Hall–Kier alpha value is -4.62. The summed E-state index contributed by atoms with van der Waals surface area (Å²) in [6, 6.07) is 43.9. The van der Waals surface area contributed by atoms with Crippen LogP contribution in [0.2, 0.25) is 0 Å². The molecular formula is C28H24N4. The second-order valence-electron chi connectivity index (χ2n) is 5.99. The highest BCUT2D eigenvalue weighted by atomic mass is 14.8. The molecule has 4 heteroatoms. The van der Waals surface area contributed by atoms with Crippen LogP contribution >= 0.6 is 0 Å². The largest absolute Gasteiger partial charge is 0.188 e. The zero-order chi connectivity index (χ0) is 22.7. The third-order valence-electron chi connectivity index (χ3n) is 3.74. The fraction of sp³-hybridized carbons (Fsp3) is 0. The first-order chi connectivity index (χ1) is 15.9. The number of nitrogens with zero attached hydrogens (tertiary/aromatic N) is 4. The van der Waals surface area contributed by atoms with Gasteiger partial charge in [-0.2, -0.15) is 20.0 Å². The van der Waals surface area contributed by atoms with Crippen molar-refractivity contribution in [1.29, 1.82) is 0 Å². The minimum atomic E-state index is 0.859. The van der Waals surface area contributed by atoms with Crippen molar-refractivity contribution < 1.29 is 0 Å². The van der Waals surface area contributed by atoms with Crippen LogP contribution in [0.5, 0.6) is 0 Å². The predicted molar refractivity (Wildman–Crippen MR) is 135 cm³/mol. The van der Waals surface area contributed by atoms with Crippen LogP contribution in [-0.4, -0.2) is 12.0 Å². The van der Waals surface area contributed by atoms with Gasteiger partial charge in [0.05, 0.1) is 22.7 Å². The summed E-state index contributed by atoms with van der Waals surface area (Å²) in [5, 5.41) is 0. The molecule has 0 heterocycles. The molecule has 4 aromatic carbocycles. The molecule has 0 bridgehead atoms. The summed E-state index contributed by atoms with van der Waals surface area (Å²) in [7, 11) is 0. The van der Waals surface area contributed by atoms with Gasteiger partial charge in [-0.1, -0.05) is 72.8 Å². The molecule has 0 amide bonds. The van der Waals surface area contributed by atoms with Gasteiger partial charge < -0.3 is 0 Å². The summed E-state index contributed by atoms with van der Waals surface area (Å²) in [4.78, 5) is 16.3. The number of para-hydroxylation sites is 4.